The van der Waals surface area contributed by atoms with Gasteiger partial charge in [0.25, 0.3) is 0 Å². The minimum atomic E-state index is 0.114. The molecule has 0 aromatic heterocycles. The fourth-order valence-corrected chi connectivity index (χ4v) is 2.39. The summed E-state index contributed by atoms with van der Waals surface area (Å²) in [6.07, 6.45) is 3.60. The van der Waals surface area contributed by atoms with Crippen LogP contribution < -0.4 is 0 Å². The van der Waals surface area contributed by atoms with Crippen LogP contribution in [-0.2, 0) is 10.2 Å². The van der Waals surface area contributed by atoms with E-state index in [1.807, 2.05) is 11.0 Å². The largest absolute Gasteiger partial charge is 0.337 e. The molecule has 1 aliphatic rings. The Morgan fingerprint density at radius 2 is 1.62 bits per heavy atom. The van der Waals surface area contributed by atoms with Crippen LogP contribution in [0.4, 0.5) is 0 Å². The molecule has 1 saturated heterocycles. The van der Waals surface area contributed by atoms with E-state index in [0.29, 0.717) is 0 Å². The Labute approximate surface area is 128 Å². The first kappa shape index (κ1) is 15.8. The van der Waals surface area contributed by atoms with Crippen molar-refractivity contribution in [3.63, 3.8) is 0 Å². The molecular weight excluding hydrogens is 260 g/mol. The number of hydrogen-bond donors (Lipinski definition) is 0. The molecule has 0 unspecified atom stereocenters. The quantitative estimate of drug-likeness (QED) is 0.781. The lowest BCUT2D eigenvalue weighted by atomic mass is 9.87. The molecule has 0 bridgehead atoms. The second-order valence-electron chi connectivity index (χ2n) is 6.83. The summed E-state index contributed by atoms with van der Waals surface area (Å²) in [6.45, 7) is 10.2. The predicted octanol–water partition coefficient (Wildman–Crippen LogP) is 2.77. The maximum absolute atomic E-state index is 12.1. The molecular formula is C18H26N2O. The Kier molecular flexibility index (Phi) is 4.84. The van der Waals surface area contributed by atoms with Gasteiger partial charge in [0, 0.05) is 32.3 Å². The van der Waals surface area contributed by atoms with Crippen LogP contribution in [-0.4, -0.2) is 48.9 Å². The van der Waals surface area contributed by atoms with E-state index in [-0.39, 0.29) is 11.3 Å². The van der Waals surface area contributed by atoms with Crippen LogP contribution in [0, 0.1) is 0 Å². The van der Waals surface area contributed by atoms with Crippen molar-refractivity contribution >= 4 is 12.0 Å². The molecule has 114 valence electrons. The van der Waals surface area contributed by atoms with E-state index in [1.165, 1.54) is 5.56 Å². The van der Waals surface area contributed by atoms with Gasteiger partial charge in [-0.3, -0.25) is 4.79 Å². The van der Waals surface area contributed by atoms with E-state index >= 15 is 0 Å². The van der Waals surface area contributed by atoms with Gasteiger partial charge in [-0.05, 0) is 29.7 Å². The van der Waals surface area contributed by atoms with Gasteiger partial charge >= 0.3 is 0 Å². The van der Waals surface area contributed by atoms with Crippen LogP contribution in [0.2, 0.25) is 0 Å². The molecule has 0 N–H and O–H groups in total. The molecule has 1 aliphatic heterocycles. The molecule has 0 spiro atoms. The number of benzene rings is 1. The SMILES string of the molecule is CN1CCN(C(=O)/C=C/c2ccc(C(C)(C)C)cc2)CC1. The van der Waals surface area contributed by atoms with E-state index in [9.17, 15) is 4.79 Å². The molecule has 1 amide bonds. The van der Waals surface area contributed by atoms with Gasteiger partial charge in [0.05, 0.1) is 0 Å². The molecule has 1 aromatic rings. The van der Waals surface area contributed by atoms with Gasteiger partial charge in [0.1, 0.15) is 0 Å². The van der Waals surface area contributed by atoms with Gasteiger partial charge in [-0.15, -0.1) is 0 Å². The molecule has 0 atom stereocenters. The number of hydrogen-bond acceptors (Lipinski definition) is 2. The summed E-state index contributed by atoms with van der Waals surface area (Å²) >= 11 is 0. The number of carbonyl (C=O) groups is 1. The van der Waals surface area contributed by atoms with Crippen molar-refractivity contribution in [2.75, 3.05) is 33.2 Å². The zero-order chi connectivity index (χ0) is 15.5. The third kappa shape index (κ3) is 4.43. The molecule has 0 saturated carbocycles. The molecule has 1 aromatic carbocycles. The van der Waals surface area contributed by atoms with Gasteiger partial charge in [-0.25, -0.2) is 0 Å². The summed E-state index contributed by atoms with van der Waals surface area (Å²) in [5.74, 6) is 0.114. The van der Waals surface area contributed by atoms with E-state index in [2.05, 4.69) is 57.0 Å². The average Bonchev–Trinajstić information content (AvgIpc) is 2.45. The van der Waals surface area contributed by atoms with Crippen molar-refractivity contribution in [2.45, 2.75) is 26.2 Å². The highest BCUT2D eigenvalue weighted by molar-refractivity contribution is 5.91. The van der Waals surface area contributed by atoms with Crippen LogP contribution in [0.3, 0.4) is 0 Å². The molecule has 1 fully saturated rings. The van der Waals surface area contributed by atoms with Crippen molar-refractivity contribution in [3.8, 4) is 0 Å². The fraction of sp³-hybridized carbons (Fsp3) is 0.500. The zero-order valence-corrected chi connectivity index (χ0v) is 13.6. The van der Waals surface area contributed by atoms with Crippen molar-refractivity contribution < 1.29 is 4.79 Å². The minimum Gasteiger partial charge on any atom is -0.337 e. The number of carbonyl (C=O) groups excluding carboxylic acids is 1. The Morgan fingerprint density at radius 3 is 2.14 bits per heavy atom. The van der Waals surface area contributed by atoms with Crippen molar-refractivity contribution in [3.05, 3.63) is 41.5 Å². The summed E-state index contributed by atoms with van der Waals surface area (Å²) in [6, 6.07) is 8.43. The summed E-state index contributed by atoms with van der Waals surface area (Å²) < 4.78 is 0. The van der Waals surface area contributed by atoms with Gasteiger partial charge < -0.3 is 9.80 Å². The highest BCUT2D eigenvalue weighted by Gasteiger charge is 2.16. The number of piperazine rings is 1. The summed E-state index contributed by atoms with van der Waals surface area (Å²) in [7, 11) is 2.09. The van der Waals surface area contributed by atoms with Crippen LogP contribution >= 0.6 is 0 Å². The second kappa shape index (κ2) is 6.44. The first-order chi connectivity index (χ1) is 9.86. The molecule has 0 aliphatic carbocycles. The lowest BCUT2D eigenvalue weighted by Gasteiger charge is -2.31. The van der Waals surface area contributed by atoms with E-state index in [0.717, 1.165) is 31.7 Å². The van der Waals surface area contributed by atoms with Crippen molar-refractivity contribution in [1.82, 2.24) is 9.80 Å². The Morgan fingerprint density at radius 1 is 1.05 bits per heavy atom. The lowest BCUT2D eigenvalue weighted by Crippen LogP contribution is -2.46. The first-order valence-corrected chi connectivity index (χ1v) is 7.62. The lowest BCUT2D eigenvalue weighted by molar-refractivity contribution is -0.127. The maximum atomic E-state index is 12.1. The van der Waals surface area contributed by atoms with Gasteiger partial charge in [0.2, 0.25) is 5.91 Å². The maximum Gasteiger partial charge on any atom is 0.246 e. The van der Waals surface area contributed by atoms with Crippen LogP contribution in [0.1, 0.15) is 31.9 Å². The van der Waals surface area contributed by atoms with Gasteiger partial charge in [-0.1, -0.05) is 45.0 Å². The van der Waals surface area contributed by atoms with E-state index in [4.69, 9.17) is 0 Å². The Balaban J connectivity index is 1.96. The highest BCUT2D eigenvalue weighted by Crippen LogP contribution is 2.22. The molecule has 21 heavy (non-hydrogen) atoms. The summed E-state index contributed by atoms with van der Waals surface area (Å²) in [5, 5.41) is 0. The Hall–Kier alpha value is -1.61. The summed E-state index contributed by atoms with van der Waals surface area (Å²) in [4.78, 5) is 16.3. The van der Waals surface area contributed by atoms with Crippen LogP contribution in [0.15, 0.2) is 30.3 Å². The molecule has 2 rings (SSSR count). The Bertz CT molecular complexity index is 503. The van der Waals surface area contributed by atoms with E-state index < -0.39 is 0 Å². The van der Waals surface area contributed by atoms with Crippen molar-refractivity contribution in [1.29, 1.82) is 0 Å². The average molecular weight is 286 g/mol. The smallest absolute Gasteiger partial charge is 0.246 e. The van der Waals surface area contributed by atoms with Gasteiger partial charge in [-0.2, -0.15) is 0 Å². The monoisotopic (exact) mass is 286 g/mol. The number of rotatable bonds is 2. The van der Waals surface area contributed by atoms with Gasteiger partial charge in [0.15, 0.2) is 0 Å². The fourth-order valence-electron chi connectivity index (χ4n) is 2.39. The third-order valence-electron chi connectivity index (χ3n) is 4.01. The standard InChI is InChI=1S/C18H26N2O/c1-18(2,3)16-8-5-15(6-9-16)7-10-17(21)20-13-11-19(4)12-14-20/h5-10H,11-14H2,1-4H3/b10-7+. The second-order valence-corrected chi connectivity index (χ2v) is 6.83. The molecule has 3 nitrogen and oxygen atoms in total. The highest BCUT2D eigenvalue weighted by atomic mass is 16.2. The number of likely N-dealkylation sites (N-methyl/N-ethyl adjacent to an activating group) is 1. The van der Waals surface area contributed by atoms with E-state index in [1.54, 1.807) is 6.08 Å². The normalized spacial score (nSPS) is 17.4. The van der Waals surface area contributed by atoms with Crippen molar-refractivity contribution in [2.24, 2.45) is 0 Å². The minimum absolute atomic E-state index is 0.114. The zero-order valence-electron chi connectivity index (χ0n) is 13.6. The van der Waals surface area contributed by atoms with Crippen LogP contribution in [0.25, 0.3) is 6.08 Å². The molecule has 1 heterocycles. The first-order valence-electron chi connectivity index (χ1n) is 7.62. The predicted molar refractivity (Wildman–Crippen MR) is 88.3 cm³/mol. The molecule has 0 radical (unpaired) electrons. The molecule has 3 heteroatoms. The third-order valence-corrected chi connectivity index (χ3v) is 4.01. The number of nitrogens with zero attached hydrogens (tertiary/aromatic N) is 2. The topological polar surface area (TPSA) is 23.6 Å². The number of amides is 1. The summed E-state index contributed by atoms with van der Waals surface area (Å²) in [5.41, 5.74) is 2.55. The van der Waals surface area contributed by atoms with Crippen LogP contribution in [0.5, 0.6) is 0 Å².